The molecule has 1 fully saturated rings. The van der Waals surface area contributed by atoms with Gasteiger partial charge in [0.05, 0.1) is 6.61 Å². The predicted molar refractivity (Wildman–Crippen MR) is 74.4 cm³/mol. The van der Waals surface area contributed by atoms with E-state index in [9.17, 15) is 0 Å². The third kappa shape index (κ3) is 4.09. The Hall–Kier alpha value is -0.900. The van der Waals surface area contributed by atoms with Crippen molar-refractivity contribution in [3.8, 4) is 0 Å². The average molecular weight is 248 g/mol. The van der Waals surface area contributed by atoms with Crippen molar-refractivity contribution in [2.24, 2.45) is 5.92 Å². The Morgan fingerprint density at radius 1 is 1.33 bits per heavy atom. The summed E-state index contributed by atoms with van der Waals surface area (Å²) in [5, 5.41) is 8.94. The molecule has 1 aromatic carbocycles. The minimum absolute atomic E-state index is 0.284. The first-order chi connectivity index (χ1) is 8.78. The maximum absolute atomic E-state index is 8.94. The van der Waals surface area contributed by atoms with E-state index in [1.165, 1.54) is 12.0 Å². The van der Waals surface area contributed by atoms with Crippen molar-refractivity contribution in [2.75, 3.05) is 39.8 Å². The Morgan fingerprint density at radius 2 is 2.11 bits per heavy atom. The topological polar surface area (TPSA) is 26.7 Å². The van der Waals surface area contributed by atoms with Crippen LogP contribution in [0.2, 0.25) is 0 Å². The molecule has 0 aromatic heterocycles. The second kappa shape index (κ2) is 6.88. The summed E-state index contributed by atoms with van der Waals surface area (Å²) in [5.74, 6) is 0.755. The summed E-state index contributed by atoms with van der Waals surface area (Å²) in [5.41, 5.74) is 1.38. The zero-order valence-electron chi connectivity index (χ0n) is 11.3. The predicted octanol–water partition coefficient (Wildman–Crippen LogP) is 1.43. The monoisotopic (exact) mass is 248 g/mol. The summed E-state index contributed by atoms with van der Waals surface area (Å²) >= 11 is 0. The Balaban J connectivity index is 1.73. The largest absolute Gasteiger partial charge is 0.395 e. The van der Waals surface area contributed by atoms with Gasteiger partial charge in [-0.1, -0.05) is 30.3 Å². The Kier molecular flexibility index (Phi) is 5.17. The third-order valence-corrected chi connectivity index (χ3v) is 3.65. The first-order valence-corrected chi connectivity index (χ1v) is 6.83. The van der Waals surface area contributed by atoms with Crippen molar-refractivity contribution in [1.29, 1.82) is 0 Å². The minimum Gasteiger partial charge on any atom is -0.395 e. The van der Waals surface area contributed by atoms with Crippen LogP contribution in [-0.4, -0.2) is 54.7 Å². The van der Waals surface area contributed by atoms with E-state index in [1.807, 2.05) is 0 Å². The first-order valence-electron chi connectivity index (χ1n) is 6.83. The van der Waals surface area contributed by atoms with Crippen LogP contribution in [0.5, 0.6) is 0 Å². The van der Waals surface area contributed by atoms with E-state index in [1.54, 1.807) is 0 Å². The quantitative estimate of drug-likeness (QED) is 0.825. The molecule has 0 spiro atoms. The molecule has 3 nitrogen and oxygen atoms in total. The molecule has 0 amide bonds. The Labute approximate surface area is 110 Å². The molecule has 1 aliphatic heterocycles. The summed E-state index contributed by atoms with van der Waals surface area (Å²) in [4.78, 5) is 4.77. The molecule has 0 unspecified atom stereocenters. The highest BCUT2D eigenvalue weighted by atomic mass is 16.3. The van der Waals surface area contributed by atoms with E-state index in [2.05, 4.69) is 47.2 Å². The number of hydrogen-bond acceptors (Lipinski definition) is 3. The van der Waals surface area contributed by atoms with Crippen LogP contribution < -0.4 is 0 Å². The number of benzene rings is 1. The maximum atomic E-state index is 8.94. The van der Waals surface area contributed by atoms with Crippen molar-refractivity contribution in [1.82, 2.24) is 9.80 Å². The molecule has 18 heavy (non-hydrogen) atoms. The molecule has 2 rings (SSSR count). The highest BCUT2D eigenvalue weighted by Crippen LogP contribution is 2.17. The molecule has 1 N–H and O–H groups in total. The molecule has 0 bridgehead atoms. The lowest BCUT2D eigenvalue weighted by atomic mass is 10.1. The van der Waals surface area contributed by atoms with Gasteiger partial charge in [0.2, 0.25) is 0 Å². The van der Waals surface area contributed by atoms with Crippen molar-refractivity contribution < 1.29 is 5.11 Å². The molecule has 3 heteroatoms. The van der Waals surface area contributed by atoms with Gasteiger partial charge in [-0.2, -0.15) is 0 Å². The van der Waals surface area contributed by atoms with E-state index < -0.39 is 0 Å². The van der Waals surface area contributed by atoms with Gasteiger partial charge in [-0.25, -0.2) is 0 Å². The molecule has 100 valence electrons. The number of rotatable bonds is 6. The van der Waals surface area contributed by atoms with Crippen molar-refractivity contribution in [3.63, 3.8) is 0 Å². The molecule has 0 saturated carbocycles. The van der Waals surface area contributed by atoms with Crippen LogP contribution in [0.3, 0.4) is 0 Å². The fourth-order valence-corrected chi connectivity index (χ4v) is 2.81. The smallest absolute Gasteiger partial charge is 0.0558 e. The number of β-amino-alcohol motifs (C(OH)–C–C–N with tert-alkyl or cyclic N) is 1. The number of aliphatic hydroxyl groups is 1. The van der Waals surface area contributed by atoms with Crippen molar-refractivity contribution in [3.05, 3.63) is 35.9 Å². The lowest BCUT2D eigenvalue weighted by Crippen LogP contribution is -2.29. The van der Waals surface area contributed by atoms with Crippen LogP contribution in [0.25, 0.3) is 0 Å². The van der Waals surface area contributed by atoms with Crippen LogP contribution in [-0.2, 0) is 6.54 Å². The Bertz CT molecular complexity index is 342. The van der Waals surface area contributed by atoms with Gasteiger partial charge in [0.25, 0.3) is 0 Å². The highest BCUT2D eigenvalue weighted by Gasteiger charge is 2.22. The standard InChI is InChI=1S/C15H24N2O/c1-16(11-14-5-3-2-4-6-14)12-15-7-8-17(13-15)9-10-18/h2-6,15,18H,7-13H2,1H3/t15-/m0/s1. The van der Waals surface area contributed by atoms with Gasteiger partial charge in [0, 0.05) is 26.2 Å². The van der Waals surface area contributed by atoms with Gasteiger partial charge < -0.3 is 14.9 Å². The molecule has 0 aliphatic carbocycles. The van der Waals surface area contributed by atoms with Gasteiger partial charge in [0.15, 0.2) is 0 Å². The van der Waals surface area contributed by atoms with E-state index >= 15 is 0 Å². The molecular weight excluding hydrogens is 224 g/mol. The lowest BCUT2D eigenvalue weighted by molar-refractivity contribution is 0.209. The second-order valence-corrected chi connectivity index (χ2v) is 5.36. The SMILES string of the molecule is CN(Cc1ccccc1)C[C@@H]1CCN(CCO)C1. The van der Waals surface area contributed by atoms with Crippen LogP contribution >= 0.6 is 0 Å². The fraction of sp³-hybridized carbons (Fsp3) is 0.600. The van der Waals surface area contributed by atoms with Crippen molar-refractivity contribution in [2.45, 2.75) is 13.0 Å². The highest BCUT2D eigenvalue weighted by molar-refractivity contribution is 5.14. The van der Waals surface area contributed by atoms with Gasteiger partial charge in [0.1, 0.15) is 0 Å². The maximum Gasteiger partial charge on any atom is 0.0558 e. The van der Waals surface area contributed by atoms with Gasteiger partial charge in [-0.05, 0) is 31.5 Å². The van der Waals surface area contributed by atoms with Gasteiger partial charge >= 0.3 is 0 Å². The van der Waals surface area contributed by atoms with E-state index in [0.29, 0.717) is 0 Å². The summed E-state index contributed by atoms with van der Waals surface area (Å²) in [6.07, 6.45) is 1.26. The summed E-state index contributed by atoms with van der Waals surface area (Å²) < 4.78 is 0. The average Bonchev–Trinajstić information content (AvgIpc) is 2.78. The summed E-state index contributed by atoms with van der Waals surface area (Å²) in [6.45, 7) is 5.57. The second-order valence-electron chi connectivity index (χ2n) is 5.36. The first kappa shape index (κ1) is 13.5. The number of aliphatic hydroxyl groups excluding tert-OH is 1. The molecule has 1 saturated heterocycles. The summed E-state index contributed by atoms with van der Waals surface area (Å²) in [7, 11) is 2.20. The molecule has 1 atom stereocenters. The van der Waals surface area contributed by atoms with Crippen LogP contribution in [0, 0.1) is 5.92 Å². The molecular formula is C15H24N2O. The fourth-order valence-electron chi connectivity index (χ4n) is 2.81. The van der Waals surface area contributed by atoms with Crippen LogP contribution in [0.15, 0.2) is 30.3 Å². The Morgan fingerprint density at radius 3 is 2.83 bits per heavy atom. The van der Waals surface area contributed by atoms with Crippen LogP contribution in [0.1, 0.15) is 12.0 Å². The lowest BCUT2D eigenvalue weighted by Gasteiger charge is -2.21. The number of hydrogen-bond donors (Lipinski definition) is 1. The molecule has 1 aliphatic rings. The number of nitrogens with zero attached hydrogens (tertiary/aromatic N) is 2. The zero-order chi connectivity index (χ0) is 12.8. The molecule has 1 aromatic rings. The zero-order valence-corrected chi connectivity index (χ0v) is 11.3. The van der Waals surface area contributed by atoms with Crippen molar-refractivity contribution >= 4 is 0 Å². The normalized spacial score (nSPS) is 20.7. The van der Waals surface area contributed by atoms with Crippen LogP contribution in [0.4, 0.5) is 0 Å². The molecule has 0 radical (unpaired) electrons. The van der Waals surface area contributed by atoms with E-state index in [4.69, 9.17) is 5.11 Å². The summed E-state index contributed by atoms with van der Waals surface area (Å²) in [6, 6.07) is 10.6. The molecule has 1 heterocycles. The third-order valence-electron chi connectivity index (χ3n) is 3.65. The van der Waals surface area contributed by atoms with E-state index in [-0.39, 0.29) is 6.61 Å². The van der Waals surface area contributed by atoms with Gasteiger partial charge in [-0.3, -0.25) is 0 Å². The van der Waals surface area contributed by atoms with Gasteiger partial charge in [-0.15, -0.1) is 0 Å². The van der Waals surface area contributed by atoms with E-state index in [0.717, 1.165) is 38.6 Å². The number of likely N-dealkylation sites (tertiary alicyclic amines) is 1. The minimum atomic E-state index is 0.284.